The highest BCUT2D eigenvalue weighted by Gasteiger charge is 2.38. The molecule has 1 heterocycles. The van der Waals surface area contributed by atoms with Gasteiger partial charge in [0.15, 0.2) is 0 Å². The van der Waals surface area contributed by atoms with E-state index in [2.05, 4.69) is 34.6 Å². The molecular weight excluding hydrogens is 446 g/mol. The molecule has 1 saturated carbocycles. The van der Waals surface area contributed by atoms with E-state index in [0.717, 1.165) is 22.3 Å². The summed E-state index contributed by atoms with van der Waals surface area (Å²) in [6.45, 7) is 0.202. The van der Waals surface area contributed by atoms with Gasteiger partial charge in [0, 0.05) is 19.0 Å². The van der Waals surface area contributed by atoms with Gasteiger partial charge in [0.2, 0.25) is 0 Å². The number of carboxylic acid groups (broad SMARTS) is 1. The summed E-state index contributed by atoms with van der Waals surface area (Å²) in [6, 6.07) is 19.3. The molecular formula is C27H25N3O5. The molecule has 0 saturated heterocycles. The van der Waals surface area contributed by atoms with Crippen molar-refractivity contribution in [1.29, 1.82) is 0 Å². The van der Waals surface area contributed by atoms with Crippen LogP contribution in [0.3, 0.4) is 0 Å². The number of carbonyl (C=O) groups is 3. The molecule has 0 aliphatic heterocycles. The second-order valence-corrected chi connectivity index (χ2v) is 8.96. The van der Waals surface area contributed by atoms with Gasteiger partial charge in [-0.05, 0) is 47.2 Å². The second-order valence-electron chi connectivity index (χ2n) is 8.96. The number of ether oxygens (including phenoxy) is 1. The Morgan fingerprint density at radius 1 is 1.00 bits per heavy atom. The molecule has 2 aliphatic carbocycles. The Morgan fingerprint density at radius 2 is 1.63 bits per heavy atom. The molecule has 8 heteroatoms. The number of carboxylic acids is 1. The number of anilines is 1. The molecule has 0 spiro atoms. The molecule has 0 atom stereocenters. The molecule has 178 valence electrons. The summed E-state index contributed by atoms with van der Waals surface area (Å²) in [5.41, 5.74) is 5.23. The van der Waals surface area contributed by atoms with E-state index >= 15 is 0 Å². The molecule has 1 fully saturated rings. The first kappa shape index (κ1) is 22.6. The normalized spacial score (nSPS) is 18.1. The van der Waals surface area contributed by atoms with E-state index in [1.807, 2.05) is 24.3 Å². The first-order valence-electron chi connectivity index (χ1n) is 11.5. The largest absolute Gasteiger partial charge is 0.481 e. The number of pyridine rings is 1. The van der Waals surface area contributed by atoms with Gasteiger partial charge in [-0.2, -0.15) is 0 Å². The van der Waals surface area contributed by atoms with Crippen molar-refractivity contribution in [3.8, 4) is 11.1 Å². The third kappa shape index (κ3) is 4.35. The molecule has 2 amide bonds. The van der Waals surface area contributed by atoms with Crippen LogP contribution in [0.15, 0.2) is 66.9 Å². The summed E-state index contributed by atoms with van der Waals surface area (Å²) in [5, 5.41) is 11.7. The van der Waals surface area contributed by atoms with E-state index in [4.69, 9.17) is 9.84 Å². The van der Waals surface area contributed by atoms with E-state index in [1.54, 1.807) is 13.1 Å². The lowest BCUT2D eigenvalue weighted by molar-refractivity contribution is -0.146. The van der Waals surface area contributed by atoms with Crippen molar-refractivity contribution in [3.05, 3.63) is 83.7 Å². The zero-order valence-electron chi connectivity index (χ0n) is 19.2. The quantitative estimate of drug-likeness (QED) is 0.552. The van der Waals surface area contributed by atoms with Crippen molar-refractivity contribution in [1.82, 2.24) is 9.88 Å². The number of carbonyl (C=O) groups excluding carboxylic acids is 2. The van der Waals surface area contributed by atoms with E-state index in [1.165, 1.54) is 17.2 Å². The lowest BCUT2D eigenvalue weighted by atomic mass is 9.79. The van der Waals surface area contributed by atoms with Crippen LogP contribution in [-0.2, 0) is 9.53 Å². The summed E-state index contributed by atoms with van der Waals surface area (Å²) in [6.07, 6.45) is 1.69. The number of hydrogen-bond acceptors (Lipinski definition) is 5. The van der Waals surface area contributed by atoms with Gasteiger partial charge in [-0.15, -0.1) is 0 Å². The molecule has 5 rings (SSSR count). The van der Waals surface area contributed by atoms with Gasteiger partial charge in [0.1, 0.15) is 12.3 Å². The minimum Gasteiger partial charge on any atom is -0.481 e. The van der Waals surface area contributed by atoms with Crippen molar-refractivity contribution >= 4 is 23.7 Å². The predicted octanol–water partition coefficient (Wildman–Crippen LogP) is 4.38. The average molecular weight is 472 g/mol. The van der Waals surface area contributed by atoms with Crippen LogP contribution in [0.4, 0.5) is 10.5 Å². The lowest BCUT2D eigenvalue weighted by Gasteiger charge is -2.38. The number of nitrogens with one attached hydrogen (secondary N) is 1. The average Bonchev–Trinajstić information content (AvgIpc) is 3.15. The number of amides is 2. The fourth-order valence-corrected chi connectivity index (χ4v) is 4.80. The molecule has 2 aliphatic rings. The van der Waals surface area contributed by atoms with E-state index in [0.29, 0.717) is 18.5 Å². The van der Waals surface area contributed by atoms with Crippen LogP contribution in [0.5, 0.6) is 0 Å². The van der Waals surface area contributed by atoms with E-state index in [-0.39, 0.29) is 30.2 Å². The maximum atomic E-state index is 12.6. The number of nitrogens with zero attached hydrogens (tertiary/aromatic N) is 2. The van der Waals surface area contributed by atoms with Gasteiger partial charge in [-0.3, -0.25) is 14.9 Å². The predicted molar refractivity (Wildman–Crippen MR) is 129 cm³/mol. The monoisotopic (exact) mass is 471 g/mol. The van der Waals surface area contributed by atoms with Crippen molar-refractivity contribution < 1.29 is 24.2 Å². The number of aliphatic carboxylic acids is 1. The number of rotatable bonds is 6. The van der Waals surface area contributed by atoms with E-state index < -0.39 is 18.0 Å². The first-order valence-corrected chi connectivity index (χ1v) is 11.5. The molecule has 2 aromatic carbocycles. The zero-order chi connectivity index (χ0) is 24.5. The molecule has 8 nitrogen and oxygen atoms in total. The highest BCUT2D eigenvalue weighted by atomic mass is 16.5. The van der Waals surface area contributed by atoms with Crippen LogP contribution < -0.4 is 5.32 Å². The summed E-state index contributed by atoms with van der Waals surface area (Å²) in [4.78, 5) is 41.8. The van der Waals surface area contributed by atoms with Crippen molar-refractivity contribution in [2.75, 3.05) is 19.0 Å². The zero-order valence-corrected chi connectivity index (χ0v) is 19.2. The summed E-state index contributed by atoms with van der Waals surface area (Å²) in [5.74, 6) is -1.54. The smallest absolute Gasteiger partial charge is 0.411 e. The summed E-state index contributed by atoms with van der Waals surface area (Å²) < 4.78 is 5.54. The number of hydrogen-bond donors (Lipinski definition) is 2. The Kier molecular flexibility index (Phi) is 5.94. The third-order valence-electron chi connectivity index (χ3n) is 6.90. The van der Waals surface area contributed by atoms with Gasteiger partial charge in [0.05, 0.1) is 17.8 Å². The van der Waals surface area contributed by atoms with Crippen LogP contribution in [-0.4, -0.2) is 52.7 Å². The fourth-order valence-electron chi connectivity index (χ4n) is 4.80. The third-order valence-corrected chi connectivity index (χ3v) is 6.90. The Morgan fingerprint density at radius 3 is 2.20 bits per heavy atom. The minimum absolute atomic E-state index is 0.0333. The van der Waals surface area contributed by atoms with Gasteiger partial charge >= 0.3 is 12.1 Å². The van der Waals surface area contributed by atoms with Crippen molar-refractivity contribution in [2.24, 2.45) is 5.92 Å². The molecule has 2 N–H and O–H groups in total. The Hall–Kier alpha value is -4.20. The Balaban J connectivity index is 1.17. The van der Waals surface area contributed by atoms with E-state index in [9.17, 15) is 14.4 Å². The molecule has 0 bridgehead atoms. The molecule has 0 radical (unpaired) electrons. The van der Waals surface area contributed by atoms with Crippen LogP contribution >= 0.6 is 0 Å². The van der Waals surface area contributed by atoms with Gasteiger partial charge < -0.3 is 14.7 Å². The fraction of sp³-hybridized carbons (Fsp3) is 0.259. The molecule has 1 aromatic heterocycles. The highest BCUT2D eigenvalue weighted by molar-refractivity contribution is 5.93. The number of aromatic nitrogens is 1. The summed E-state index contributed by atoms with van der Waals surface area (Å²) >= 11 is 0. The first-order chi connectivity index (χ1) is 16.9. The van der Waals surface area contributed by atoms with Crippen LogP contribution in [0, 0.1) is 5.92 Å². The maximum Gasteiger partial charge on any atom is 0.411 e. The van der Waals surface area contributed by atoms with Crippen LogP contribution in [0.25, 0.3) is 11.1 Å². The Bertz CT molecular complexity index is 1240. The van der Waals surface area contributed by atoms with Crippen LogP contribution in [0.1, 0.15) is 40.4 Å². The standard InChI is InChI=1S/C27H25N3O5/c1-30(18-12-16(13-18)26(32)33)25(31)24-11-10-17(14-28-24)29-27(34)35-15-23-21-8-4-2-6-19(21)20-7-3-5-9-22(20)23/h2-11,14,16,18,23H,12-13,15H2,1H3,(H,29,34)(H,32,33). The van der Waals surface area contributed by atoms with Gasteiger partial charge in [-0.1, -0.05) is 48.5 Å². The summed E-state index contributed by atoms with van der Waals surface area (Å²) in [7, 11) is 1.65. The maximum absolute atomic E-state index is 12.6. The minimum atomic E-state index is -0.830. The molecule has 3 aromatic rings. The van der Waals surface area contributed by atoms with Gasteiger partial charge in [-0.25, -0.2) is 9.78 Å². The van der Waals surface area contributed by atoms with Crippen molar-refractivity contribution in [2.45, 2.75) is 24.8 Å². The van der Waals surface area contributed by atoms with Crippen LogP contribution in [0.2, 0.25) is 0 Å². The molecule has 0 unspecified atom stereocenters. The Labute approximate surface area is 202 Å². The molecule has 35 heavy (non-hydrogen) atoms. The van der Waals surface area contributed by atoms with Gasteiger partial charge in [0.25, 0.3) is 5.91 Å². The second kappa shape index (κ2) is 9.21. The lowest BCUT2D eigenvalue weighted by Crippen LogP contribution is -2.47. The highest BCUT2D eigenvalue weighted by Crippen LogP contribution is 2.44. The number of fused-ring (bicyclic) bond motifs is 3. The topological polar surface area (TPSA) is 109 Å². The SMILES string of the molecule is CN(C(=O)c1ccc(NC(=O)OCC2c3ccccc3-c3ccccc32)cn1)C1CC(C(=O)O)C1. The number of benzene rings is 2. The van der Waals surface area contributed by atoms with Crippen molar-refractivity contribution in [3.63, 3.8) is 0 Å².